The fourth-order valence-electron chi connectivity index (χ4n) is 1.80. The van der Waals surface area contributed by atoms with Gasteiger partial charge in [0.2, 0.25) is 0 Å². The molecule has 4 heteroatoms. The van der Waals surface area contributed by atoms with Crippen molar-refractivity contribution in [1.29, 1.82) is 0 Å². The van der Waals surface area contributed by atoms with Crippen LogP contribution in [0.4, 0.5) is 4.39 Å². The van der Waals surface area contributed by atoms with Gasteiger partial charge in [-0.2, -0.15) is 0 Å². The molecule has 19 heavy (non-hydrogen) atoms. The summed E-state index contributed by atoms with van der Waals surface area (Å²) in [5.74, 6) is 0.0771. The van der Waals surface area contributed by atoms with Crippen molar-refractivity contribution < 1.29 is 9.50 Å². The van der Waals surface area contributed by atoms with Crippen molar-refractivity contribution in [3.05, 3.63) is 63.9 Å². The molecular weight excluding hydrogens is 309 g/mol. The Kier molecular flexibility index (Phi) is 4.93. The Morgan fingerprint density at radius 1 is 1.11 bits per heavy atom. The molecule has 0 aliphatic carbocycles. The zero-order valence-corrected chi connectivity index (χ0v) is 12.0. The van der Waals surface area contributed by atoms with Gasteiger partial charge in [0, 0.05) is 16.6 Å². The number of hydrogen-bond donors (Lipinski definition) is 2. The van der Waals surface area contributed by atoms with Crippen LogP contribution in [0.25, 0.3) is 0 Å². The minimum Gasteiger partial charge on any atom is -0.508 e. The second-order valence-electron chi connectivity index (χ2n) is 4.33. The molecule has 2 N–H and O–H groups in total. The maximum absolute atomic E-state index is 12.7. The van der Waals surface area contributed by atoms with Crippen molar-refractivity contribution in [3.63, 3.8) is 0 Å². The molecule has 0 amide bonds. The van der Waals surface area contributed by atoms with Crippen LogP contribution in [0.15, 0.2) is 46.9 Å². The summed E-state index contributed by atoms with van der Waals surface area (Å²) in [6.07, 6.45) is 0.828. The molecule has 0 aliphatic rings. The number of hydrogen-bond acceptors (Lipinski definition) is 2. The van der Waals surface area contributed by atoms with Gasteiger partial charge in [-0.15, -0.1) is 0 Å². The standard InChI is InChI=1S/C15H15BrFNO/c16-13-3-6-15(19)12(9-13)10-18-8-7-11-1-4-14(17)5-2-11/h1-6,9,18-19H,7-8,10H2. The Morgan fingerprint density at radius 3 is 2.58 bits per heavy atom. The molecule has 2 aromatic rings. The lowest BCUT2D eigenvalue weighted by molar-refractivity contribution is 0.464. The van der Waals surface area contributed by atoms with Gasteiger partial charge in [-0.1, -0.05) is 28.1 Å². The molecular formula is C15H15BrFNO. The van der Waals surface area contributed by atoms with Gasteiger partial charge < -0.3 is 10.4 Å². The molecule has 0 atom stereocenters. The minimum absolute atomic E-state index is 0.212. The van der Waals surface area contributed by atoms with Crippen molar-refractivity contribution in [3.8, 4) is 5.75 Å². The summed E-state index contributed by atoms with van der Waals surface area (Å²) in [5.41, 5.74) is 1.95. The van der Waals surface area contributed by atoms with Crippen LogP contribution in [0.5, 0.6) is 5.75 Å². The highest BCUT2D eigenvalue weighted by molar-refractivity contribution is 9.10. The van der Waals surface area contributed by atoms with Crippen LogP contribution in [0.3, 0.4) is 0 Å². The van der Waals surface area contributed by atoms with Crippen LogP contribution in [0.1, 0.15) is 11.1 Å². The second kappa shape index (κ2) is 6.68. The van der Waals surface area contributed by atoms with Gasteiger partial charge in [-0.05, 0) is 48.9 Å². The number of halogens is 2. The van der Waals surface area contributed by atoms with E-state index < -0.39 is 0 Å². The first kappa shape index (κ1) is 14.0. The lowest BCUT2D eigenvalue weighted by atomic mass is 10.1. The van der Waals surface area contributed by atoms with Crippen molar-refractivity contribution in [2.75, 3.05) is 6.54 Å². The third-order valence-electron chi connectivity index (χ3n) is 2.86. The maximum Gasteiger partial charge on any atom is 0.123 e. The Bertz CT molecular complexity index is 542. The summed E-state index contributed by atoms with van der Waals surface area (Å²) in [4.78, 5) is 0. The minimum atomic E-state index is -0.212. The van der Waals surface area contributed by atoms with Gasteiger partial charge in [0.15, 0.2) is 0 Å². The molecule has 100 valence electrons. The van der Waals surface area contributed by atoms with E-state index in [9.17, 15) is 9.50 Å². The fourth-order valence-corrected chi connectivity index (χ4v) is 2.21. The molecule has 0 aromatic heterocycles. The summed E-state index contributed by atoms with van der Waals surface area (Å²) < 4.78 is 13.7. The summed E-state index contributed by atoms with van der Waals surface area (Å²) in [6.45, 7) is 1.38. The predicted octanol–water partition coefficient (Wildman–Crippen LogP) is 3.63. The highest BCUT2D eigenvalue weighted by atomic mass is 79.9. The molecule has 0 aliphatic heterocycles. The van der Waals surface area contributed by atoms with E-state index in [1.165, 1.54) is 12.1 Å². The highest BCUT2D eigenvalue weighted by Gasteiger charge is 2.01. The first-order valence-electron chi connectivity index (χ1n) is 6.08. The molecule has 0 fully saturated rings. The SMILES string of the molecule is Oc1ccc(Br)cc1CNCCc1ccc(F)cc1. The van der Waals surface area contributed by atoms with Gasteiger partial charge in [-0.3, -0.25) is 0 Å². The number of rotatable bonds is 5. The molecule has 0 saturated heterocycles. The van der Waals surface area contributed by atoms with E-state index >= 15 is 0 Å². The number of nitrogens with one attached hydrogen (secondary N) is 1. The van der Waals surface area contributed by atoms with Crippen LogP contribution in [-0.4, -0.2) is 11.7 Å². The molecule has 0 radical (unpaired) electrons. The predicted molar refractivity (Wildman–Crippen MR) is 77.6 cm³/mol. The Morgan fingerprint density at radius 2 is 1.84 bits per heavy atom. The topological polar surface area (TPSA) is 32.3 Å². The molecule has 2 rings (SSSR count). The van der Waals surface area contributed by atoms with E-state index in [2.05, 4.69) is 21.2 Å². The van der Waals surface area contributed by atoms with Gasteiger partial charge in [-0.25, -0.2) is 4.39 Å². The number of benzene rings is 2. The normalized spacial score (nSPS) is 10.6. The van der Waals surface area contributed by atoms with E-state index in [0.717, 1.165) is 28.6 Å². The third-order valence-corrected chi connectivity index (χ3v) is 3.35. The lowest BCUT2D eigenvalue weighted by Crippen LogP contribution is -2.16. The van der Waals surface area contributed by atoms with E-state index in [0.29, 0.717) is 6.54 Å². The van der Waals surface area contributed by atoms with Gasteiger partial charge in [0.1, 0.15) is 11.6 Å². The summed E-state index contributed by atoms with van der Waals surface area (Å²) in [6, 6.07) is 11.9. The van der Waals surface area contributed by atoms with Crippen LogP contribution in [0.2, 0.25) is 0 Å². The molecule has 2 nitrogen and oxygen atoms in total. The molecule has 0 bridgehead atoms. The van der Waals surface area contributed by atoms with Crippen LogP contribution < -0.4 is 5.32 Å². The number of aromatic hydroxyl groups is 1. The van der Waals surface area contributed by atoms with E-state index in [-0.39, 0.29) is 11.6 Å². The quantitative estimate of drug-likeness (QED) is 0.823. The van der Waals surface area contributed by atoms with Crippen LogP contribution in [0, 0.1) is 5.82 Å². The first-order chi connectivity index (χ1) is 9.15. The second-order valence-corrected chi connectivity index (χ2v) is 5.24. The Labute approximate surface area is 120 Å². The fraction of sp³-hybridized carbons (Fsp3) is 0.200. The summed E-state index contributed by atoms with van der Waals surface area (Å²) in [5, 5.41) is 12.9. The summed E-state index contributed by atoms with van der Waals surface area (Å²) >= 11 is 3.37. The van der Waals surface area contributed by atoms with Crippen LogP contribution in [-0.2, 0) is 13.0 Å². The number of phenolic OH excluding ortho intramolecular Hbond substituents is 1. The lowest BCUT2D eigenvalue weighted by Gasteiger charge is -2.07. The molecule has 0 spiro atoms. The van der Waals surface area contributed by atoms with Crippen LogP contribution >= 0.6 is 15.9 Å². The van der Waals surface area contributed by atoms with E-state index in [4.69, 9.17) is 0 Å². The zero-order valence-electron chi connectivity index (χ0n) is 10.4. The molecule has 0 unspecified atom stereocenters. The highest BCUT2D eigenvalue weighted by Crippen LogP contribution is 2.21. The monoisotopic (exact) mass is 323 g/mol. The molecule has 0 saturated carbocycles. The smallest absolute Gasteiger partial charge is 0.123 e. The van der Waals surface area contributed by atoms with Gasteiger partial charge in [0.25, 0.3) is 0 Å². The van der Waals surface area contributed by atoms with Crippen molar-refractivity contribution in [2.45, 2.75) is 13.0 Å². The van der Waals surface area contributed by atoms with Gasteiger partial charge >= 0.3 is 0 Å². The number of phenols is 1. The molecule has 2 aromatic carbocycles. The third kappa shape index (κ3) is 4.33. The average Bonchev–Trinajstić information content (AvgIpc) is 2.40. The van der Waals surface area contributed by atoms with E-state index in [1.54, 1.807) is 24.3 Å². The largest absolute Gasteiger partial charge is 0.508 e. The summed E-state index contributed by atoms with van der Waals surface area (Å²) in [7, 11) is 0. The maximum atomic E-state index is 12.7. The average molecular weight is 324 g/mol. The van der Waals surface area contributed by atoms with E-state index in [1.807, 2.05) is 6.07 Å². The first-order valence-corrected chi connectivity index (χ1v) is 6.87. The zero-order chi connectivity index (χ0) is 13.7. The van der Waals surface area contributed by atoms with Crippen molar-refractivity contribution in [1.82, 2.24) is 5.32 Å². The molecule has 0 heterocycles. The Hall–Kier alpha value is -1.39. The Balaban J connectivity index is 1.80. The van der Waals surface area contributed by atoms with Crippen molar-refractivity contribution >= 4 is 15.9 Å². The van der Waals surface area contributed by atoms with Gasteiger partial charge in [0.05, 0.1) is 0 Å². The van der Waals surface area contributed by atoms with Crippen molar-refractivity contribution in [2.24, 2.45) is 0 Å².